The van der Waals surface area contributed by atoms with Gasteiger partial charge < -0.3 is 19.9 Å². The summed E-state index contributed by atoms with van der Waals surface area (Å²) >= 11 is 0. The second-order valence-electron chi connectivity index (χ2n) is 8.46. The van der Waals surface area contributed by atoms with Gasteiger partial charge >= 0.3 is 6.03 Å². The van der Waals surface area contributed by atoms with Crippen molar-refractivity contribution in [1.82, 2.24) is 14.8 Å². The molecule has 1 aliphatic rings. The molecule has 0 radical (unpaired) electrons. The van der Waals surface area contributed by atoms with Gasteiger partial charge in [0.2, 0.25) is 5.91 Å². The first kappa shape index (κ1) is 22.1. The average molecular weight is 425 g/mol. The van der Waals surface area contributed by atoms with Gasteiger partial charge in [0, 0.05) is 16.9 Å². The highest BCUT2D eigenvalue weighted by Gasteiger charge is 2.35. The highest BCUT2D eigenvalue weighted by atomic mass is 16.5. The monoisotopic (exact) mass is 424 g/mol. The summed E-state index contributed by atoms with van der Waals surface area (Å²) in [6, 6.07) is 8.26. The molecule has 0 bridgehead atoms. The lowest BCUT2D eigenvalue weighted by Crippen LogP contribution is -2.38. The molecule has 4 amide bonds. The van der Waals surface area contributed by atoms with Gasteiger partial charge in [0.1, 0.15) is 18.0 Å². The molecule has 0 aliphatic carbocycles. The maximum Gasteiger partial charge on any atom is 0.329 e. The molecule has 31 heavy (non-hydrogen) atoms. The SMILES string of the molecule is COc1ccccc1NC(=O)CN1C(=O)N/C(=C/c2cc(C)n(C(C)(C)C)c2C)C1=O. The number of urea groups is 1. The van der Waals surface area contributed by atoms with Crippen LogP contribution in [-0.4, -0.2) is 41.0 Å². The zero-order valence-electron chi connectivity index (χ0n) is 18.7. The number of benzene rings is 1. The molecule has 1 aliphatic heterocycles. The number of aromatic nitrogens is 1. The van der Waals surface area contributed by atoms with Gasteiger partial charge in [-0.2, -0.15) is 0 Å². The topological polar surface area (TPSA) is 92.7 Å². The van der Waals surface area contributed by atoms with Crippen molar-refractivity contribution in [3.05, 3.63) is 53.0 Å². The van der Waals surface area contributed by atoms with Crippen molar-refractivity contribution in [1.29, 1.82) is 0 Å². The summed E-state index contributed by atoms with van der Waals surface area (Å²) < 4.78 is 7.38. The van der Waals surface area contributed by atoms with E-state index in [1.165, 1.54) is 7.11 Å². The summed E-state index contributed by atoms with van der Waals surface area (Å²) in [4.78, 5) is 38.5. The van der Waals surface area contributed by atoms with E-state index < -0.39 is 24.4 Å². The number of aryl methyl sites for hydroxylation is 1. The molecule has 1 aromatic heterocycles. The van der Waals surface area contributed by atoms with Gasteiger partial charge in [-0.25, -0.2) is 9.69 Å². The van der Waals surface area contributed by atoms with Gasteiger partial charge in [-0.05, 0) is 64.5 Å². The number of nitrogens with zero attached hydrogens (tertiary/aromatic N) is 2. The molecule has 2 heterocycles. The van der Waals surface area contributed by atoms with Crippen LogP contribution in [0.25, 0.3) is 6.08 Å². The van der Waals surface area contributed by atoms with Crippen molar-refractivity contribution >= 4 is 29.6 Å². The number of rotatable bonds is 5. The van der Waals surface area contributed by atoms with Crippen LogP contribution in [0.15, 0.2) is 36.0 Å². The fourth-order valence-electron chi connectivity index (χ4n) is 3.92. The Morgan fingerprint density at radius 3 is 2.48 bits per heavy atom. The number of para-hydroxylation sites is 2. The summed E-state index contributed by atoms with van der Waals surface area (Å²) in [6.07, 6.45) is 1.66. The molecule has 2 N–H and O–H groups in total. The number of carbonyl (C=O) groups is 3. The van der Waals surface area contributed by atoms with Crippen molar-refractivity contribution < 1.29 is 19.1 Å². The lowest BCUT2D eigenvalue weighted by molar-refractivity contribution is -0.127. The van der Waals surface area contributed by atoms with Crippen LogP contribution in [0.5, 0.6) is 5.75 Å². The molecule has 0 spiro atoms. The molecule has 164 valence electrons. The van der Waals surface area contributed by atoms with Crippen molar-refractivity contribution in [2.75, 3.05) is 19.0 Å². The molecule has 0 unspecified atom stereocenters. The van der Waals surface area contributed by atoms with Crippen LogP contribution in [0.4, 0.5) is 10.5 Å². The fraction of sp³-hybridized carbons (Fsp3) is 0.348. The van der Waals surface area contributed by atoms with Crippen LogP contribution in [0.1, 0.15) is 37.7 Å². The Bertz CT molecular complexity index is 1080. The van der Waals surface area contributed by atoms with E-state index in [1.807, 2.05) is 19.9 Å². The Labute approximate surface area is 181 Å². The second kappa shape index (κ2) is 8.29. The minimum atomic E-state index is -0.629. The lowest BCUT2D eigenvalue weighted by Gasteiger charge is -2.25. The second-order valence-corrected chi connectivity index (χ2v) is 8.46. The predicted octanol–water partition coefficient (Wildman–Crippen LogP) is 3.40. The zero-order valence-corrected chi connectivity index (χ0v) is 18.7. The average Bonchev–Trinajstić information content (AvgIpc) is 3.11. The number of hydrogen-bond acceptors (Lipinski definition) is 4. The first-order valence-corrected chi connectivity index (χ1v) is 9.99. The van der Waals surface area contributed by atoms with Crippen LogP contribution < -0.4 is 15.4 Å². The van der Waals surface area contributed by atoms with Gasteiger partial charge in [0.15, 0.2) is 0 Å². The minimum Gasteiger partial charge on any atom is -0.495 e. The van der Waals surface area contributed by atoms with Crippen LogP contribution in [-0.2, 0) is 15.1 Å². The first-order valence-electron chi connectivity index (χ1n) is 9.99. The van der Waals surface area contributed by atoms with Crippen molar-refractivity contribution in [3.63, 3.8) is 0 Å². The molecule has 0 saturated carbocycles. The van der Waals surface area contributed by atoms with E-state index in [-0.39, 0.29) is 11.2 Å². The molecule has 0 atom stereocenters. The van der Waals surface area contributed by atoms with E-state index in [1.54, 1.807) is 30.3 Å². The Morgan fingerprint density at radius 1 is 1.19 bits per heavy atom. The molecule has 3 rings (SSSR count). The quantitative estimate of drug-likeness (QED) is 0.568. The van der Waals surface area contributed by atoms with Crippen molar-refractivity contribution in [3.8, 4) is 5.75 Å². The van der Waals surface area contributed by atoms with Gasteiger partial charge in [-0.1, -0.05) is 12.1 Å². The number of imide groups is 1. The molecule has 1 aromatic carbocycles. The number of carbonyl (C=O) groups excluding carboxylic acids is 3. The van der Waals surface area contributed by atoms with Crippen LogP contribution in [0, 0.1) is 13.8 Å². The third-order valence-electron chi connectivity index (χ3n) is 5.09. The summed E-state index contributed by atoms with van der Waals surface area (Å²) in [5.41, 5.74) is 3.39. The maximum absolute atomic E-state index is 12.8. The molecular weight excluding hydrogens is 396 g/mol. The highest BCUT2D eigenvalue weighted by molar-refractivity contribution is 6.16. The van der Waals surface area contributed by atoms with E-state index >= 15 is 0 Å². The molecule has 1 saturated heterocycles. The van der Waals surface area contributed by atoms with E-state index in [4.69, 9.17) is 4.74 Å². The van der Waals surface area contributed by atoms with Crippen molar-refractivity contribution in [2.45, 2.75) is 40.2 Å². The Hall–Kier alpha value is -3.55. The maximum atomic E-state index is 12.8. The van der Waals surface area contributed by atoms with Gasteiger partial charge in [0.05, 0.1) is 12.8 Å². The molecular formula is C23H28N4O4. The largest absolute Gasteiger partial charge is 0.495 e. The summed E-state index contributed by atoms with van der Waals surface area (Å²) in [5.74, 6) is -0.552. The van der Waals surface area contributed by atoms with Gasteiger partial charge in [-0.15, -0.1) is 0 Å². The van der Waals surface area contributed by atoms with E-state index in [0.29, 0.717) is 11.4 Å². The normalized spacial score (nSPS) is 15.4. The third-order valence-corrected chi connectivity index (χ3v) is 5.09. The summed E-state index contributed by atoms with van der Waals surface area (Å²) in [7, 11) is 1.50. The molecule has 2 aromatic rings. The molecule has 8 nitrogen and oxygen atoms in total. The van der Waals surface area contributed by atoms with Crippen LogP contribution in [0.2, 0.25) is 0 Å². The predicted molar refractivity (Wildman–Crippen MR) is 119 cm³/mol. The number of ether oxygens (including phenoxy) is 1. The third kappa shape index (κ3) is 4.47. The number of amides is 4. The standard InChI is InChI=1S/C23H28N4O4/c1-14-11-16(15(2)27(14)23(3,4)5)12-18-21(29)26(22(30)25-18)13-20(28)24-17-9-7-8-10-19(17)31-6/h7-12H,13H2,1-6H3,(H,24,28)(H,25,30)/b18-12+. The zero-order chi connectivity index (χ0) is 22.9. The highest BCUT2D eigenvalue weighted by Crippen LogP contribution is 2.27. The molecule has 8 heteroatoms. The summed E-state index contributed by atoms with van der Waals surface area (Å²) in [6.45, 7) is 9.90. The lowest BCUT2D eigenvalue weighted by atomic mass is 10.1. The smallest absolute Gasteiger partial charge is 0.329 e. The first-order chi connectivity index (χ1) is 14.5. The number of nitrogens with one attached hydrogen (secondary N) is 2. The number of hydrogen-bond donors (Lipinski definition) is 2. The van der Waals surface area contributed by atoms with E-state index in [9.17, 15) is 14.4 Å². The number of methoxy groups -OCH3 is 1. The van der Waals surface area contributed by atoms with Gasteiger partial charge in [0.25, 0.3) is 5.91 Å². The number of anilines is 1. The van der Waals surface area contributed by atoms with E-state index in [2.05, 4.69) is 36.0 Å². The Morgan fingerprint density at radius 2 is 1.87 bits per heavy atom. The fourth-order valence-corrected chi connectivity index (χ4v) is 3.92. The van der Waals surface area contributed by atoms with Crippen molar-refractivity contribution in [2.24, 2.45) is 0 Å². The Balaban J connectivity index is 1.78. The molecule has 1 fully saturated rings. The van der Waals surface area contributed by atoms with E-state index in [0.717, 1.165) is 21.9 Å². The summed E-state index contributed by atoms with van der Waals surface area (Å²) in [5, 5.41) is 5.24. The minimum absolute atomic E-state index is 0.115. The Kier molecular flexibility index (Phi) is 5.92. The van der Waals surface area contributed by atoms with Crippen LogP contribution in [0.3, 0.4) is 0 Å². The van der Waals surface area contributed by atoms with Gasteiger partial charge in [-0.3, -0.25) is 9.59 Å². The van der Waals surface area contributed by atoms with Crippen LogP contribution >= 0.6 is 0 Å².